The first kappa shape index (κ1) is 15.9. The number of ether oxygens (including phenoxy) is 2. The van der Waals surface area contributed by atoms with E-state index in [4.69, 9.17) is 9.47 Å². The highest BCUT2D eigenvalue weighted by molar-refractivity contribution is 4.66. The predicted octanol–water partition coefficient (Wildman–Crippen LogP) is 2.99. The minimum Gasteiger partial charge on any atom is -0.383 e. The van der Waals surface area contributed by atoms with Gasteiger partial charge in [0.1, 0.15) is 0 Å². The second kappa shape index (κ2) is 10.8. The highest BCUT2D eigenvalue weighted by Crippen LogP contribution is 2.21. The van der Waals surface area contributed by atoms with Gasteiger partial charge in [-0.3, -0.25) is 0 Å². The summed E-state index contributed by atoms with van der Waals surface area (Å²) in [5.41, 5.74) is 0. The van der Waals surface area contributed by atoms with Crippen LogP contribution in [0.2, 0.25) is 0 Å². The molecule has 0 amide bonds. The molecule has 1 aliphatic rings. The molecular weight excluding hydrogens is 226 g/mol. The van der Waals surface area contributed by atoms with Gasteiger partial charge >= 0.3 is 0 Å². The van der Waals surface area contributed by atoms with Crippen LogP contribution in [-0.2, 0) is 9.47 Å². The van der Waals surface area contributed by atoms with Crippen LogP contribution in [0.15, 0.2) is 0 Å². The number of likely N-dealkylation sites (N-methyl/N-ethyl adjacent to an activating group) is 1. The molecule has 1 unspecified atom stereocenters. The summed E-state index contributed by atoms with van der Waals surface area (Å²) in [5.74, 6) is 0.933. The molecule has 0 bridgehead atoms. The molecule has 0 aromatic carbocycles. The zero-order chi connectivity index (χ0) is 13.1. The van der Waals surface area contributed by atoms with Gasteiger partial charge in [-0.25, -0.2) is 0 Å². The first-order chi connectivity index (χ1) is 8.86. The van der Waals surface area contributed by atoms with Crippen LogP contribution < -0.4 is 5.32 Å². The highest BCUT2D eigenvalue weighted by atomic mass is 16.5. The Bertz CT molecular complexity index is 175. The van der Waals surface area contributed by atoms with Crippen molar-refractivity contribution in [3.63, 3.8) is 0 Å². The monoisotopic (exact) mass is 257 g/mol. The normalized spacial score (nSPS) is 19.0. The van der Waals surface area contributed by atoms with Crippen LogP contribution >= 0.6 is 0 Å². The van der Waals surface area contributed by atoms with Crippen LogP contribution in [0.25, 0.3) is 0 Å². The van der Waals surface area contributed by atoms with Crippen molar-refractivity contribution < 1.29 is 9.47 Å². The lowest BCUT2D eigenvalue weighted by atomic mass is 9.93. The molecule has 1 atom stereocenters. The van der Waals surface area contributed by atoms with Gasteiger partial charge in [0.2, 0.25) is 0 Å². The van der Waals surface area contributed by atoms with Crippen molar-refractivity contribution in [1.82, 2.24) is 5.32 Å². The van der Waals surface area contributed by atoms with E-state index >= 15 is 0 Å². The Balaban J connectivity index is 1.95. The molecular formula is C15H31NO2. The van der Waals surface area contributed by atoms with Gasteiger partial charge in [-0.05, 0) is 31.7 Å². The Hall–Kier alpha value is -0.120. The van der Waals surface area contributed by atoms with Crippen molar-refractivity contribution in [2.75, 3.05) is 33.5 Å². The van der Waals surface area contributed by atoms with E-state index < -0.39 is 0 Å². The number of unbranched alkanes of at least 4 members (excludes halogenated alkanes) is 2. The molecule has 0 aromatic rings. The minimum absolute atomic E-state index is 0.545. The Morgan fingerprint density at radius 3 is 2.67 bits per heavy atom. The zero-order valence-corrected chi connectivity index (χ0v) is 12.2. The number of hydrogen-bond donors (Lipinski definition) is 1. The van der Waals surface area contributed by atoms with Crippen molar-refractivity contribution >= 4 is 0 Å². The van der Waals surface area contributed by atoms with Crippen LogP contribution in [0.5, 0.6) is 0 Å². The largest absolute Gasteiger partial charge is 0.383 e. The summed E-state index contributed by atoms with van der Waals surface area (Å²) in [6.45, 7) is 6.01. The molecule has 1 saturated heterocycles. The molecule has 108 valence electrons. The lowest BCUT2D eigenvalue weighted by Crippen LogP contribution is -2.32. The second-order valence-electron chi connectivity index (χ2n) is 5.40. The fourth-order valence-corrected chi connectivity index (χ4v) is 2.77. The number of hydrogen-bond acceptors (Lipinski definition) is 3. The standard InChI is InChI=1S/C15H31NO2/c1-3-16-15(13-17-2)8-6-4-5-7-14-9-11-18-12-10-14/h14-16H,3-13H2,1-2H3. The molecule has 0 saturated carbocycles. The number of methoxy groups -OCH3 is 1. The highest BCUT2D eigenvalue weighted by Gasteiger charge is 2.13. The molecule has 1 rings (SSSR count). The van der Waals surface area contributed by atoms with E-state index in [-0.39, 0.29) is 0 Å². The van der Waals surface area contributed by atoms with E-state index in [0.29, 0.717) is 6.04 Å². The molecule has 1 aliphatic heterocycles. The maximum absolute atomic E-state index is 5.39. The van der Waals surface area contributed by atoms with Gasteiger partial charge in [0, 0.05) is 26.4 Å². The van der Waals surface area contributed by atoms with E-state index in [1.54, 1.807) is 7.11 Å². The average Bonchev–Trinajstić information content (AvgIpc) is 2.40. The van der Waals surface area contributed by atoms with Gasteiger partial charge in [0.25, 0.3) is 0 Å². The van der Waals surface area contributed by atoms with Gasteiger partial charge in [0.15, 0.2) is 0 Å². The van der Waals surface area contributed by atoms with Crippen LogP contribution in [0, 0.1) is 5.92 Å². The van der Waals surface area contributed by atoms with Crippen molar-refractivity contribution in [3.05, 3.63) is 0 Å². The third kappa shape index (κ3) is 7.34. The Morgan fingerprint density at radius 1 is 1.22 bits per heavy atom. The topological polar surface area (TPSA) is 30.5 Å². The summed E-state index contributed by atoms with van der Waals surface area (Å²) in [6, 6.07) is 0.545. The first-order valence-corrected chi connectivity index (χ1v) is 7.66. The van der Waals surface area contributed by atoms with E-state index in [2.05, 4.69) is 12.2 Å². The molecule has 3 heteroatoms. The van der Waals surface area contributed by atoms with Crippen molar-refractivity contribution in [2.24, 2.45) is 5.92 Å². The average molecular weight is 257 g/mol. The maximum Gasteiger partial charge on any atom is 0.0615 e. The molecule has 0 aliphatic carbocycles. The van der Waals surface area contributed by atoms with Crippen molar-refractivity contribution in [2.45, 2.75) is 57.9 Å². The Kier molecular flexibility index (Phi) is 9.54. The molecule has 1 N–H and O–H groups in total. The second-order valence-corrected chi connectivity index (χ2v) is 5.40. The molecule has 0 aromatic heterocycles. The minimum atomic E-state index is 0.545. The van der Waals surface area contributed by atoms with Gasteiger partial charge in [-0.2, -0.15) is 0 Å². The molecule has 1 heterocycles. The number of rotatable bonds is 10. The van der Waals surface area contributed by atoms with Gasteiger partial charge in [0.05, 0.1) is 6.61 Å². The van der Waals surface area contributed by atoms with E-state index in [9.17, 15) is 0 Å². The van der Waals surface area contributed by atoms with Crippen molar-refractivity contribution in [3.8, 4) is 0 Å². The fraction of sp³-hybridized carbons (Fsp3) is 1.00. The summed E-state index contributed by atoms with van der Waals surface area (Å²) >= 11 is 0. The SMILES string of the molecule is CCNC(CCCCCC1CCOCC1)COC. The summed E-state index contributed by atoms with van der Waals surface area (Å²) in [6.07, 6.45) is 9.28. The molecule has 0 spiro atoms. The van der Waals surface area contributed by atoms with E-state index in [1.807, 2.05) is 0 Å². The predicted molar refractivity (Wildman–Crippen MR) is 76.0 cm³/mol. The quantitative estimate of drug-likeness (QED) is 0.610. The summed E-state index contributed by atoms with van der Waals surface area (Å²) in [5, 5.41) is 3.48. The van der Waals surface area contributed by atoms with Gasteiger partial charge in [-0.1, -0.05) is 32.6 Å². The van der Waals surface area contributed by atoms with Crippen LogP contribution in [0.4, 0.5) is 0 Å². The zero-order valence-electron chi connectivity index (χ0n) is 12.2. The molecule has 3 nitrogen and oxygen atoms in total. The molecule has 1 fully saturated rings. The van der Waals surface area contributed by atoms with Crippen LogP contribution in [-0.4, -0.2) is 39.5 Å². The summed E-state index contributed by atoms with van der Waals surface area (Å²) in [7, 11) is 1.79. The van der Waals surface area contributed by atoms with Crippen LogP contribution in [0.1, 0.15) is 51.9 Å². The molecule has 0 radical (unpaired) electrons. The first-order valence-electron chi connectivity index (χ1n) is 7.66. The van der Waals surface area contributed by atoms with Crippen LogP contribution in [0.3, 0.4) is 0 Å². The Morgan fingerprint density at radius 2 is 2.00 bits per heavy atom. The smallest absolute Gasteiger partial charge is 0.0615 e. The summed E-state index contributed by atoms with van der Waals surface area (Å²) in [4.78, 5) is 0. The molecule has 18 heavy (non-hydrogen) atoms. The fourth-order valence-electron chi connectivity index (χ4n) is 2.77. The lowest BCUT2D eigenvalue weighted by Gasteiger charge is -2.22. The van der Waals surface area contributed by atoms with Crippen molar-refractivity contribution in [1.29, 1.82) is 0 Å². The van der Waals surface area contributed by atoms with E-state index in [1.165, 1.54) is 44.9 Å². The van der Waals surface area contributed by atoms with Gasteiger partial charge < -0.3 is 14.8 Å². The lowest BCUT2D eigenvalue weighted by molar-refractivity contribution is 0.0630. The van der Waals surface area contributed by atoms with E-state index in [0.717, 1.165) is 32.3 Å². The number of nitrogens with one attached hydrogen (secondary N) is 1. The van der Waals surface area contributed by atoms with Gasteiger partial charge in [-0.15, -0.1) is 0 Å². The Labute approximate surface area is 113 Å². The summed E-state index contributed by atoms with van der Waals surface area (Å²) < 4.78 is 10.6. The third-order valence-corrected chi connectivity index (χ3v) is 3.87. The third-order valence-electron chi connectivity index (χ3n) is 3.87. The maximum atomic E-state index is 5.39.